The molecule has 158 valence electrons. The average molecular weight is 455 g/mol. The van der Waals surface area contributed by atoms with Gasteiger partial charge in [0, 0.05) is 23.1 Å². The Morgan fingerprint density at radius 2 is 1.74 bits per heavy atom. The zero-order chi connectivity index (χ0) is 21.5. The number of ether oxygens (including phenoxy) is 3. The maximum absolute atomic E-state index is 6.36. The molecule has 2 heterocycles. The summed E-state index contributed by atoms with van der Waals surface area (Å²) in [6, 6.07) is 19.5. The maximum Gasteiger partial charge on any atom is 0.213 e. The number of methoxy groups -OCH3 is 2. The summed E-state index contributed by atoms with van der Waals surface area (Å²) >= 11 is 12.4. The van der Waals surface area contributed by atoms with Crippen LogP contribution in [-0.4, -0.2) is 24.9 Å². The largest absolute Gasteiger partial charge is 0.493 e. The van der Waals surface area contributed by atoms with E-state index in [1.54, 1.807) is 20.3 Å². The quantitative estimate of drug-likeness (QED) is 0.466. The summed E-state index contributed by atoms with van der Waals surface area (Å²) in [6.07, 6.45) is 0.334. The van der Waals surface area contributed by atoms with Crippen molar-refractivity contribution in [1.82, 2.24) is 5.01 Å². The Morgan fingerprint density at radius 1 is 0.935 bits per heavy atom. The van der Waals surface area contributed by atoms with Gasteiger partial charge in [0.1, 0.15) is 5.75 Å². The van der Waals surface area contributed by atoms with Crippen molar-refractivity contribution in [1.29, 1.82) is 0 Å². The van der Waals surface area contributed by atoms with Crippen LogP contribution in [0.25, 0.3) is 0 Å². The van der Waals surface area contributed by atoms with Crippen molar-refractivity contribution >= 4 is 28.9 Å². The van der Waals surface area contributed by atoms with Crippen molar-refractivity contribution in [2.45, 2.75) is 18.7 Å². The lowest BCUT2D eigenvalue weighted by atomic mass is 9.96. The Morgan fingerprint density at radius 3 is 2.52 bits per heavy atom. The first-order valence-electron chi connectivity index (χ1n) is 9.88. The van der Waals surface area contributed by atoms with Crippen LogP contribution in [0.4, 0.5) is 0 Å². The van der Waals surface area contributed by atoms with Gasteiger partial charge >= 0.3 is 0 Å². The van der Waals surface area contributed by atoms with E-state index < -0.39 is 6.23 Å². The Labute approximate surface area is 190 Å². The molecular weight excluding hydrogens is 435 g/mol. The minimum atomic E-state index is -0.410. The Hall–Kier alpha value is -2.89. The van der Waals surface area contributed by atoms with Crippen molar-refractivity contribution < 1.29 is 14.2 Å². The van der Waals surface area contributed by atoms with Crippen LogP contribution in [0.5, 0.6) is 17.2 Å². The van der Waals surface area contributed by atoms with Crippen molar-refractivity contribution in [2.75, 3.05) is 14.2 Å². The van der Waals surface area contributed by atoms with Crippen molar-refractivity contribution in [3.05, 3.63) is 87.4 Å². The van der Waals surface area contributed by atoms with Crippen LogP contribution >= 0.6 is 23.2 Å². The van der Waals surface area contributed by atoms with E-state index in [0.717, 1.165) is 34.6 Å². The fourth-order valence-corrected chi connectivity index (χ4v) is 4.42. The van der Waals surface area contributed by atoms with Gasteiger partial charge in [0.05, 0.1) is 36.0 Å². The lowest BCUT2D eigenvalue weighted by Gasteiger charge is -2.38. The summed E-state index contributed by atoms with van der Waals surface area (Å²) < 4.78 is 17.2. The van der Waals surface area contributed by atoms with Gasteiger partial charge in [-0.05, 0) is 36.4 Å². The molecule has 0 bridgehead atoms. The van der Waals surface area contributed by atoms with E-state index in [1.165, 1.54) is 0 Å². The van der Waals surface area contributed by atoms with E-state index in [1.807, 2.05) is 53.5 Å². The van der Waals surface area contributed by atoms with Crippen LogP contribution < -0.4 is 14.2 Å². The third-order valence-corrected chi connectivity index (χ3v) is 6.38. The average Bonchev–Trinajstić information content (AvgIpc) is 3.25. The lowest BCUT2D eigenvalue weighted by molar-refractivity contribution is -0.0190. The van der Waals surface area contributed by atoms with Gasteiger partial charge in [0.15, 0.2) is 11.5 Å². The number of benzene rings is 3. The highest BCUT2D eigenvalue weighted by molar-refractivity contribution is 6.42. The molecule has 2 atom stereocenters. The molecule has 0 aliphatic carbocycles. The van der Waals surface area contributed by atoms with Gasteiger partial charge in [-0.2, -0.15) is 5.10 Å². The highest BCUT2D eigenvalue weighted by Crippen LogP contribution is 2.48. The number of para-hydroxylation sites is 1. The molecule has 5 rings (SSSR count). The zero-order valence-corrected chi connectivity index (χ0v) is 18.5. The Kier molecular flexibility index (Phi) is 5.16. The van der Waals surface area contributed by atoms with E-state index in [0.29, 0.717) is 21.5 Å². The molecular formula is C24H20Cl2N2O3. The molecule has 5 nitrogen and oxygen atoms in total. The minimum absolute atomic E-state index is 0.0486. The topological polar surface area (TPSA) is 43.3 Å². The van der Waals surface area contributed by atoms with Crippen LogP contribution in [-0.2, 0) is 0 Å². The summed E-state index contributed by atoms with van der Waals surface area (Å²) in [5, 5.41) is 7.98. The second-order valence-corrected chi connectivity index (χ2v) is 8.21. The summed E-state index contributed by atoms with van der Waals surface area (Å²) in [7, 11) is 3.26. The van der Waals surface area contributed by atoms with Crippen molar-refractivity contribution in [3.63, 3.8) is 0 Å². The van der Waals surface area contributed by atoms with Gasteiger partial charge in [-0.1, -0.05) is 47.5 Å². The highest BCUT2D eigenvalue weighted by atomic mass is 35.5. The van der Waals surface area contributed by atoms with Gasteiger partial charge in [-0.25, -0.2) is 5.01 Å². The molecule has 0 radical (unpaired) electrons. The normalized spacial score (nSPS) is 19.2. The van der Waals surface area contributed by atoms with Crippen LogP contribution in [0.3, 0.4) is 0 Å². The number of hydrazone groups is 1. The Bertz CT molecular complexity index is 1180. The summed E-state index contributed by atoms with van der Waals surface area (Å²) in [5.41, 5.74) is 3.94. The van der Waals surface area contributed by atoms with Crippen molar-refractivity contribution in [3.8, 4) is 17.2 Å². The number of halogens is 2. The van der Waals surface area contributed by atoms with Gasteiger partial charge in [-0.3, -0.25) is 0 Å². The first-order chi connectivity index (χ1) is 15.1. The first kappa shape index (κ1) is 20.0. The third-order valence-electron chi connectivity index (χ3n) is 5.64. The molecule has 7 heteroatoms. The molecule has 0 saturated heterocycles. The predicted octanol–water partition coefficient (Wildman–Crippen LogP) is 6.25. The van der Waals surface area contributed by atoms with E-state index >= 15 is 0 Å². The second-order valence-electron chi connectivity index (χ2n) is 7.40. The molecule has 0 aromatic heterocycles. The van der Waals surface area contributed by atoms with Crippen LogP contribution in [0.2, 0.25) is 10.0 Å². The SMILES string of the molecule is COc1ccc(C2=NN3[C@H](C2)c2ccccc2O[C@H]3c2ccc(Cl)c(Cl)c2)cc1OC. The van der Waals surface area contributed by atoms with Gasteiger partial charge in [0.25, 0.3) is 0 Å². The number of nitrogens with zero attached hydrogens (tertiary/aromatic N) is 2. The second kappa shape index (κ2) is 7.98. The molecule has 0 N–H and O–H groups in total. The predicted molar refractivity (Wildman–Crippen MR) is 122 cm³/mol. The molecule has 0 unspecified atom stereocenters. The van der Waals surface area contributed by atoms with Gasteiger partial charge in [-0.15, -0.1) is 0 Å². The molecule has 0 spiro atoms. The van der Waals surface area contributed by atoms with Gasteiger partial charge < -0.3 is 14.2 Å². The standard InChI is InChI=1S/C24H20Cl2N2O3/c1-29-22-10-8-14(12-23(22)30-2)19-13-20-16-5-3-4-6-21(16)31-24(28(20)27-19)15-7-9-17(25)18(26)11-15/h3-12,20,24H,13H2,1-2H3/t20-,24+/m1/s1. The molecule has 2 aliphatic rings. The molecule has 0 amide bonds. The molecule has 2 aliphatic heterocycles. The van der Waals surface area contributed by atoms with E-state index in [-0.39, 0.29) is 6.04 Å². The number of fused-ring (bicyclic) bond motifs is 3. The monoisotopic (exact) mass is 454 g/mol. The summed E-state index contributed by atoms with van der Waals surface area (Å²) in [5.74, 6) is 2.21. The van der Waals surface area contributed by atoms with Crippen LogP contribution in [0.15, 0.2) is 65.8 Å². The first-order valence-corrected chi connectivity index (χ1v) is 10.6. The lowest BCUT2D eigenvalue weighted by Crippen LogP contribution is -2.33. The molecule has 3 aromatic carbocycles. The summed E-state index contributed by atoms with van der Waals surface area (Å²) in [6.45, 7) is 0. The maximum atomic E-state index is 6.36. The molecule has 3 aromatic rings. The number of hydrogen-bond donors (Lipinski definition) is 0. The smallest absolute Gasteiger partial charge is 0.213 e. The minimum Gasteiger partial charge on any atom is -0.493 e. The van der Waals surface area contributed by atoms with E-state index in [2.05, 4.69) is 6.07 Å². The molecule has 0 saturated carbocycles. The molecule has 0 fully saturated rings. The van der Waals surface area contributed by atoms with Gasteiger partial charge in [0.2, 0.25) is 6.23 Å². The van der Waals surface area contributed by atoms with E-state index in [9.17, 15) is 0 Å². The zero-order valence-electron chi connectivity index (χ0n) is 17.0. The summed E-state index contributed by atoms with van der Waals surface area (Å²) in [4.78, 5) is 0. The third kappa shape index (κ3) is 3.48. The number of hydrogen-bond acceptors (Lipinski definition) is 5. The van der Waals surface area contributed by atoms with E-state index in [4.69, 9.17) is 42.5 Å². The fourth-order valence-electron chi connectivity index (χ4n) is 4.11. The number of rotatable bonds is 4. The van der Waals surface area contributed by atoms with Crippen LogP contribution in [0, 0.1) is 0 Å². The fraction of sp³-hybridized carbons (Fsp3) is 0.208. The highest BCUT2D eigenvalue weighted by Gasteiger charge is 2.41. The molecule has 31 heavy (non-hydrogen) atoms. The van der Waals surface area contributed by atoms with Crippen molar-refractivity contribution in [2.24, 2.45) is 5.10 Å². The van der Waals surface area contributed by atoms with Crippen LogP contribution in [0.1, 0.15) is 35.4 Å². The Balaban J connectivity index is 1.58.